The Morgan fingerprint density at radius 3 is 2.71 bits per heavy atom. The minimum atomic E-state index is -4.18. The SMILES string of the molecule is CCc1cc(NCC(F)(F)F)ccn1. The van der Waals surface area contributed by atoms with Gasteiger partial charge in [0.05, 0.1) is 0 Å². The molecule has 78 valence electrons. The maximum Gasteiger partial charge on any atom is 0.405 e. The van der Waals surface area contributed by atoms with Crippen LogP contribution in [0.1, 0.15) is 12.6 Å². The van der Waals surface area contributed by atoms with Gasteiger partial charge in [-0.25, -0.2) is 0 Å². The summed E-state index contributed by atoms with van der Waals surface area (Å²) in [6, 6.07) is 3.14. The van der Waals surface area contributed by atoms with Crippen molar-refractivity contribution >= 4 is 5.69 Å². The molecule has 0 bridgehead atoms. The van der Waals surface area contributed by atoms with Crippen molar-refractivity contribution in [2.45, 2.75) is 19.5 Å². The van der Waals surface area contributed by atoms with Crippen molar-refractivity contribution in [3.63, 3.8) is 0 Å². The summed E-state index contributed by atoms with van der Waals surface area (Å²) in [5.41, 5.74) is 1.23. The van der Waals surface area contributed by atoms with E-state index in [0.717, 1.165) is 5.69 Å². The highest BCUT2D eigenvalue weighted by atomic mass is 19.4. The van der Waals surface area contributed by atoms with Gasteiger partial charge in [0.2, 0.25) is 0 Å². The highest BCUT2D eigenvalue weighted by Crippen LogP contribution is 2.16. The molecule has 0 saturated heterocycles. The van der Waals surface area contributed by atoms with Crippen LogP contribution in [-0.2, 0) is 6.42 Å². The number of hydrogen-bond donors (Lipinski definition) is 1. The second-order valence-electron chi connectivity index (χ2n) is 2.86. The lowest BCUT2D eigenvalue weighted by molar-refractivity contribution is -0.115. The Morgan fingerprint density at radius 2 is 2.14 bits per heavy atom. The fraction of sp³-hybridized carbons (Fsp3) is 0.444. The lowest BCUT2D eigenvalue weighted by atomic mass is 10.2. The number of rotatable bonds is 3. The lowest BCUT2D eigenvalue weighted by Gasteiger charge is -2.09. The highest BCUT2D eigenvalue weighted by Gasteiger charge is 2.26. The van der Waals surface area contributed by atoms with Gasteiger partial charge in [0, 0.05) is 17.6 Å². The maximum absolute atomic E-state index is 11.8. The molecule has 0 radical (unpaired) electrons. The molecule has 0 fully saturated rings. The van der Waals surface area contributed by atoms with Crippen molar-refractivity contribution in [1.29, 1.82) is 0 Å². The molecule has 1 N–H and O–H groups in total. The average molecular weight is 204 g/mol. The third-order valence-electron chi connectivity index (χ3n) is 1.67. The molecule has 0 saturated carbocycles. The van der Waals surface area contributed by atoms with E-state index in [1.165, 1.54) is 12.3 Å². The second-order valence-corrected chi connectivity index (χ2v) is 2.86. The molecule has 0 amide bonds. The number of aryl methyl sites for hydroxylation is 1. The van der Waals surface area contributed by atoms with Crippen molar-refractivity contribution in [3.8, 4) is 0 Å². The summed E-state index contributed by atoms with van der Waals surface area (Å²) >= 11 is 0. The summed E-state index contributed by atoms with van der Waals surface area (Å²) in [6.45, 7) is 0.885. The van der Waals surface area contributed by atoms with E-state index in [-0.39, 0.29) is 0 Å². The van der Waals surface area contributed by atoms with Gasteiger partial charge in [0.1, 0.15) is 6.54 Å². The summed E-state index contributed by atoms with van der Waals surface area (Å²) in [5, 5.41) is 2.29. The average Bonchev–Trinajstić information content (AvgIpc) is 2.14. The second kappa shape index (κ2) is 4.30. The Kier molecular flexibility index (Phi) is 3.33. The fourth-order valence-electron chi connectivity index (χ4n) is 0.984. The zero-order valence-corrected chi connectivity index (χ0v) is 7.73. The van der Waals surface area contributed by atoms with E-state index in [4.69, 9.17) is 0 Å². The molecule has 0 aromatic carbocycles. The number of pyridine rings is 1. The van der Waals surface area contributed by atoms with Gasteiger partial charge in [-0.2, -0.15) is 13.2 Å². The molecule has 0 aliphatic carbocycles. The number of aromatic nitrogens is 1. The largest absolute Gasteiger partial charge is 0.405 e. The summed E-state index contributed by atoms with van der Waals surface area (Å²) < 4.78 is 35.5. The van der Waals surface area contributed by atoms with E-state index in [1.54, 1.807) is 6.07 Å². The van der Waals surface area contributed by atoms with E-state index in [1.807, 2.05) is 6.92 Å². The molecule has 14 heavy (non-hydrogen) atoms. The van der Waals surface area contributed by atoms with Crippen molar-refractivity contribution < 1.29 is 13.2 Å². The quantitative estimate of drug-likeness (QED) is 0.818. The van der Waals surface area contributed by atoms with Gasteiger partial charge in [-0.3, -0.25) is 4.98 Å². The molecule has 0 spiro atoms. The molecular formula is C9H11F3N2. The smallest absolute Gasteiger partial charge is 0.376 e. The molecule has 0 atom stereocenters. The first-order valence-electron chi connectivity index (χ1n) is 4.27. The summed E-state index contributed by atoms with van der Waals surface area (Å²) in [6.07, 6.45) is -1.98. The summed E-state index contributed by atoms with van der Waals surface area (Å²) in [4.78, 5) is 3.98. The van der Waals surface area contributed by atoms with Crippen molar-refractivity contribution in [2.24, 2.45) is 0 Å². The van der Waals surface area contributed by atoms with Crippen molar-refractivity contribution in [2.75, 3.05) is 11.9 Å². The van der Waals surface area contributed by atoms with Crippen LogP contribution in [0.25, 0.3) is 0 Å². The van der Waals surface area contributed by atoms with Crippen LogP contribution in [0.5, 0.6) is 0 Å². The molecular weight excluding hydrogens is 193 g/mol. The number of nitrogens with zero attached hydrogens (tertiary/aromatic N) is 1. The number of nitrogens with one attached hydrogen (secondary N) is 1. The Balaban J connectivity index is 2.59. The molecule has 2 nitrogen and oxygen atoms in total. The molecule has 0 aliphatic heterocycles. The third-order valence-corrected chi connectivity index (χ3v) is 1.67. The van der Waals surface area contributed by atoms with Crippen molar-refractivity contribution in [1.82, 2.24) is 4.98 Å². The zero-order valence-electron chi connectivity index (χ0n) is 7.73. The Bertz CT molecular complexity index is 296. The first-order valence-corrected chi connectivity index (χ1v) is 4.27. The van der Waals surface area contributed by atoms with E-state index in [2.05, 4.69) is 10.3 Å². The predicted octanol–water partition coefficient (Wildman–Crippen LogP) is 2.62. The van der Waals surface area contributed by atoms with Gasteiger partial charge < -0.3 is 5.32 Å². The van der Waals surface area contributed by atoms with Crippen LogP contribution < -0.4 is 5.32 Å². The van der Waals surface area contributed by atoms with Crippen LogP contribution in [0.3, 0.4) is 0 Å². The topological polar surface area (TPSA) is 24.9 Å². The van der Waals surface area contributed by atoms with Gasteiger partial charge in [-0.15, -0.1) is 0 Å². The zero-order chi connectivity index (χ0) is 10.6. The molecule has 1 rings (SSSR count). The van der Waals surface area contributed by atoms with Crippen LogP contribution in [0.4, 0.5) is 18.9 Å². The Morgan fingerprint density at radius 1 is 1.43 bits per heavy atom. The highest BCUT2D eigenvalue weighted by molar-refractivity contribution is 5.43. The normalized spacial score (nSPS) is 11.4. The van der Waals surface area contributed by atoms with Crippen LogP contribution in [0.15, 0.2) is 18.3 Å². The van der Waals surface area contributed by atoms with Crippen LogP contribution in [0.2, 0.25) is 0 Å². The third kappa shape index (κ3) is 3.64. The first kappa shape index (κ1) is 10.8. The van der Waals surface area contributed by atoms with Gasteiger partial charge in [-0.05, 0) is 18.6 Å². The molecule has 5 heteroatoms. The number of alkyl halides is 3. The van der Waals surface area contributed by atoms with Crippen molar-refractivity contribution in [3.05, 3.63) is 24.0 Å². The minimum absolute atomic E-state index is 0.453. The van der Waals surface area contributed by atoms with E-state index >= 15 is 0 Å². The van der Waals surface area contributed by atoms with E-state index in [9.17, 15) is 13.2 Å². The minimum Gasteiger partial charge on any atom is -0.376 e. The van der Waals surface area contributed by atoms with Gasteiger partial charge >= 0.3 is 6.18 Å². The number of hydrogen-bond acceptors (Lipinski definition) is 2. The standard InChI is InChI=1S/C9H11F3N2/c1-2-7-5-8(3-4-13-7)14-6-9(10,11)12/h3-5H,2,6H2,1H3,(H,13,14). The van der Waals surface area contributed by atoms with Crippen LogP contribution in [0, 0.1) is 0 Å². The fourth-order valence-corrected chi connectivity index (χ4v) is 0.984. The predicted molar refractivity (Wildman–Crippen MR) is 48.2 cm³/mol. The van der Waals surface area contributed by atoms with E-state index < -0.39 is 12.7 Å². The van der Waals surface area contributed by atoms with Crippen LogP contribution in [-0.4, -0.2) is 17.7 Å². The van der Waals surface area contributed by atoms with Gasteiger partial charge in [-0.1, -0.05) is 6.92 Å². The number of anilines is 1. The molecule has 0 aliphatic rings. The molecule has 1 heterocycles. The van der Waals surface area contributed by atoms with E-state index in [0.29, 0.717) is 12.1 Å². The summed E-state index contributed by atoms with van der Waals surface area (Å²) in [5.74, 6) is 0. The Hall–Kier alpha value is -1.26. The molecule has 1 aromatic rings. The summed E-state index contributed by atoms with van der Waals surface area (Å²) in [7, 11) is 0. The lowest BCUT2D eigenvalue weighted by Crippen LogP contribution is -2.21. The monoisotopic (exact) mass is 204 g/mol. The van der Waals surface area contributed by atoms with Crippen LogP contribution >= 0.6 is 0 Å². The van der Waals surface area contributed by atoms with Gasteiger partial charge in [0.25, 0.3) is 0 Å². The first-order chi connectivity index (χ1) is 6.51. The Labute approximate surface area is 80.2 Å². The van der Waals surface area contributed by atoms with Gasteiger partial charge in [0.15, 0.2) is 0 Å². The maximum atomic E-state index is 11.8. The number of halogens is 3. The molecule has 0 unspecified atom stereocenters. The molecule has 1 aromatic heterocycles.